The molecule has 2 aromatic carbocycles. The Morgan fingerprint density at radius 1 is 1.00 bits per heavy atom. The molecular formula is C21H29NO3. The minimum Gasteiger partial charge on any atom is -0.491 e. The van der Waals surface area contributed by atoms with Crippen LogP contribution in [0.2, 0.25) is 0 Å². The summed E-state index contributed by atoms with van der Waals surface area (Å²) in [5.74, 6) is 0.871. The van der Waals surface area contributed by atoms with Crippen LogP contribution in [0.15, 0.2) is 54.6 Å². The van der Waals surface area contributed by atoms with E-state index < -0.39 is 6.10 Å². The van der Waals surface area contributed by atoms with Gasteiger partial charge in [0.15, 0.2) is 0 Å². The molecule has 1 N–H and O–H groups in total. The number of likely N-dealkylation sites (N-methyl/N-ethyl adjacent to an activating group) is 1. The molecule has 0 spiro atoms. The highest BCUT2D eigenvalue weighted by Gasteiger charge is 2.21. The predicted molar refractivity (Wildman–Crippen MR) is 101 cm³/mol. The molecule has 2 atom stereocenters. The van der Waals surface area contributed by atoms with E-state index in [9.17, 15) is 5.11 Å². The fourth-order valence-corrected chi connectivity index (χ4v) is 2.71. The molecule has 2 unspecified atom stereocenters. The van der Waals surface area contributed by atoms with E-state index in [1.807, 2.05) is 69.4 Å². The predicted octanol–water partition coefficient (Wildman–Crippen LogP) is 3.66. The molecule has 136 valence electrons. The first-order valence-electron chi connectivity index (χ1n) is 8.85. The highest BCUT2D eigenvalue weighted by molar-refractivity contribution is 5.33. The summed E-state index contributed by atoms with van der Waals surface area (Å²) in [6.45, 7) is 6.54. The van der Waals surface area contributed by atoms with Gasteiger partial charge in [0.2, 0.25) is 0 Å². The standard InChI is InChI=1S/C21H29NO3/c1-4-24-14-15-25-20-13-9-8-12-19(20)16-22(3)17(2)21(23)18-10-6-5-7-11-18/h5-13,17,21,23H,4,14-16H2,1-3H3. The lowest BCUT2D eigenvalue weighted by Gasteiger charge is -2.29. The average molecular weight is 343 g/mol. The fourth-order valence-electron chi connectivity index (χ4n) is 2.71. The molecule has 0 fully saturated rings. The van der Waals surface area contributed by atoms with Crippen LogP contribution in [0.3, 0.4) is 0 Å². The Balaban J connectivity index is 1.98. The molecule has 0 radical (unpaired) electrons. The van der Waals surface area contributed by atoms with Crippen LogP contribution in [-0.4, -0.2) is 42.9 Å². The van der Waals surface area contributed by atoms with E-state index in [4.69, 9.17) is 9.47 Å². The molecule has 0 bridgehead atoms. The summed E-state index contributed by atoms with van der Waals surface area (Å²) in [6, 6.07) is 17.8. The summed E-state index contributed by atoms with van der Waals surface area (Å²) in [7, 11) is 2.02. The van der Waals surface area contributed by atoms with Crippen molar-refractivity contribution >= 4 is 0 Å². The Morgan fingerprint density at radius 2 is 1.68 bits per heavy atom. The zero-order chi connectivity index (χ0) is 18.1. The molecule has 2 rings (SSSR count). The number of rotatable bonds is 10. The van der Waals surface area contributed by atoms with Gasteiger partial charge in [0, 0.05) is 24.8 Å². The largest absolute Gasteiger partial charge is 0.491 e. The van der Waals surface area contributed by atoms with Crippen LogP contribution in [-0.2, 0) is 11.3 Å². The van der Waals surface area contributed by atoms with Gasteiger partial charge in [-0.25, -0.2) is 0 Å². The van der Waals surface area contributed by atoms with Gasteiger partial charge in [-0.2, -0.15) is 0 Å². The van der Waals surface area contributed by atoms with E-state index in [-0.39, 0.29) is 6.04 Å². The van der Waals surface area contributed by atoms with Gasteiger partial charge < -0.3 is 14.6 Å². The number of aliphatic hydroxyl groups is 1. The number of benzene rings is 2. The molecule has 25 heavy (non-hydrogen) atoms. The number of aliphatic hydroxyl groups excluding tert-OH is 1. The molecule has 0 amide bonds. The molecule has 0 aliphatic heterocycles. The molecule has 0 aliphatic carbocycles. The topological polar surface area (TPSA) is 41.9 Å². The summed E-state index contributed by atoms with van der Waals surface area (Å²) in [5.41, 5.74) is 2.04. The van der Waals surface area contributed by atoms with Gasteiger partial charge in [0.05, 0.1) is 12.7 Å². The van der Waals surface area contributed by atoms with Gasteiger partial charge in [-0.15, -0.1) is 0 Å². The highest BCUT2D eigenvalue weighted by atomic mass is 16.5. The van der Waals surface area contributed by atoms with E-state index in [1.54, 1.807) is 0 Å². The monoisotopic (exact) mass is 343 g/mol. The second-order valence-electron chi connectivity index (χ2n) is 6.16. The van der Waals surface area contributed by atoms with Gasteiger partial charge in [0.25, 0.3) is 0 Å². The fraction of sp³-hybridized carbons (Fsp3) is 0.429. The third-order valence-electron chi connectivity index (χ3n) is 4.38. The normalized spacial score (nSPS) is 13.6. The number of nitrogens with zero attached hydrogens (tertiary/aromatic N) is 1. The van der Waals surface area contributed by atoms with Gasteiger partial charge in [-0.1, -0.05) is 48.5 Å². The van der Waals surface area contributed by atoms with Gasteiger partial charge >= 0.3 is 0 Å². The quantitative estimate of drug-likeness (QED) is 0.669. The first kappa shape index (κ1) is 19.4. The number of para-hydroxylation sites is 1. The third kappa shape index (κ3) is 5.85. The average Bonchev–Trinajstić information content (AvgIpc) is 2.66. The summed E-state index contributed by atoms with van der Waals surface area (Å²) in [6.07, 6.45) is -0.530. The molecule has 0 heterocycles. The lowest BCUT2D eigenvalue weighted by Crippen LogP contribution is -2.34. The summed E-state index contributed by atoms with van der Waals surface area (Å²) in [5, 5.41) is 10.6. The maximum absolute atomic E-state index is 10.6. The molecule has 0 saturated heterocycles. The van der Waals surface area contributed by atoms with E-state index in [0.717, 1.165) is 16.9 Å². The van der Waals surface area contributed by atoms with Crippen LogP contribution in [0, 0.1) is 0 Å². The van der Waals surface area contributed by atoms with Crippen LogP contribution in [0.4, 0.5) is 0 Å². The summed E-state index contributed by atoms with van der Waals surface area (Å²) >= 11 is 0. The Bertz CT molecular complexity index is 618. The second kappa shape index (κ2) is 10.2. The Kier molecular flexibility index (Phi) is 7.92. The smallest absolute Gasteiger partial charge is 0.123 e. The van der Waals surface area contributed by atoms with Gasteiger partial charge in [-0.3, -0.25) is 4.90 Å². The van der Waals surface area contributed by atoms with E-state index in [1.165, 1.54) is 0 Å². The Morgan fingerprint density at radius 3 is 2.40 bits per heavy atom. The molecular weight excluding hydrogens is 314 g/mol. The molecule has 0 saturated carbocycles. The maximum Gasteiger partial charge on any atom is 0.123 e. The van der Waals surface area contributed by atoms with Crippen LogP contribution in [0.1, 0.15) is 31.1 Å². The summed E-state index contributed by atoms with van der Waals surface area (Å²) < 4.78 is 11.2. The SMILES string of the molecule is CCOCCOc1ccccc1CN(C)C(C)C(O)c1ccccc1. The first-order chi connectivity index (χ1) is 12.1. The third-order valence-corrected chi connectivity index (χ3v) is 4.38. The lowest BCUT2D eigenvalue weighted by molar-refractivity contribution is 0.0678. The van der Waals surface area contributed by atoms with Crippen molar-refractivity contribution in [2.24, 2.45) is 0 Å². The Hall–Kier alpha value is -1.88. The summed E-state index contributed by atoms with van der Waals surface area (Å²) in [4.78, 5) is 2.14. The van der Waals surface area contributed by atoms with E-state index >= 15 is 0 Å². The van der Waals surface area contributed by atoms with Crippen LogP contribution >= 0.6 is 0 Å². The van der Waals surface area contributed by atoms with Crippen molar-refractivity contribution in [3.63, 3.8) is 0 Å². The molecule has 0 aromatic heterocycles. The molecule has 2 aromatic rings. The highest BCUT2D eigenvalue weighted by Crippen LogP contribution is 2.24. The molecule has 4 heteroatoms. The van der Waals surface area contributed by atoms with Crippen LogP contribution in [0.5, 0.6) is 5.75 Å². The van der Waals surface area contributed by atoms with Crippen molar-refractivity contribution in [3.8, 4) is 5.75 Å². The number of hydrogen-bond acceptors (Lipinski definition) is 4. The minimum atomic E-state index is -0.530. The molecule has 4 nitrogen and oxygen atoms in total. The minimum absolute atomic E-state index is 0.0149. The first-order valence-corrected chi connectivity index (χ1v) is 8.85. The zero-order valence-electron chi connectivity index (χ0n) is 15.4. The van der Waals surface area contributed by atoms with Crippen LogP contribution < -0.4 is 4.74 Å². The number of ether oxygens (including phenoxy) is 2. The van der Waals surface area contributed by atoms with Crippen molar-refractivity contribution in [2.75, 3.05) is 26.9 Å². The van der Waals surface area contributed by atoms with Crippen molar-refractivity contribution < 1.29 is 14.6 Å². The van der Waals surface area contributed by atoms with Gasteiger partial charge in [-0.05, 0) is 32.5 Å². The number of hydrogen-bond donors (Lipinski definition) is 1. The maximum atomic E-state index is 10.6. The van der Waals surface area contributed by atoms with Crippen molar-refractivity contribution in [1.82, 2.24) is 4.90 Å². The molecule has 0 aliphatic rings. The van der Waals surface area contributed by atoms with Crippen molar-refractivity contribution in [1.29, 1.82) is 0 Å². The van der Waals surface area contributed by atoms with Crippen molar-refractivity contribution in [2.45, 2.75) is 32.5 Å². The van der Waals surface area contributed by atoms with E-state index in [2.05, 4.69) is 11.0 Å². The van der Waals surface area contributed by atoms with E-state index in [0.29, 0.717) is 26.4 Å². The van der Waals surface area contributed by atoms with Crippen LogP contribution in [0.25, 0.3) is 0 Å². The Labute approximate surface area is 151 Å². The van der Waals surface area contributed by atoms with Gasteiger partial charge in [0.1, 0.15) is 12.4 Å². The van der Waals surface area contributed by atoms with Crippen molar-refractivity contribution in [3.05, 3.63) is 65.7 Å². The second-order valence-corrected chi connectivity index (χ2v) is 6.16. The lowest BCUT2D eigenvalue weighted by atomic mass is 10.0. The zero-order valence-corrected chi connectivity index (χ0v) is 15.4.